The highest BCUT2D eigenvalue weighted by Gasteiger charge is 2.62. The van der Waals surface area contributed by atoms with Crippen molar-refractivity contribution in [2.24, 2.45) is 12.5 Å². The van der Waals surface area contributed by atoms with E-state index in [4.69, 9.17) is 11.6 Å². The van der Waals surface area contributed by atoms with Gasteiger partial charge in [-0.3, -0.25) is 9.48 Å². The van der Waals surface area contributed by atoms with Crippen molar-refractivity contribution < 1.29 is 13.6 Å². The van der Waals surface area contributed by atoms with Crippen LogP contribution in [0.2, 0.25) is 5.02 Å². The van der Waals surface area contributed by atoms with Crippen LogP contribution in [-0.4, -0.2) is 15.7 Å². The van der Waals surface area contributed by atoms with Gasteiger partial charge in [0, 0.05) is 18.3 Å². The zero-order valence-electron chi connectivity index (χ0n) is 14.8. The van der Waals surface area contributed by atoms with Crippen LogP contribution in [0.4, 0.5) is 8.78 Å². The Morgan fingerprint density at radius 3 is 2.85 bits per heavy atom. The van der Waals surface area contributed by atoms with Gasteiger partial charge in [0.05, 0.1) is 11.1 Å². The summed E-state index contributed by atoms with van der Waals surface area (Å²) in [7, 11) is 1.53. The highest BCUT2D eigenvalue weighted by atomic mass is 35.5. The molecule has 1 aromatic heterocycles. The average Bonchev–Trinajstić information content (AvgIpc) is 3.12. The van der Waals surface area contributed by atoms with Crippen molar-refractivity contribution in [3.8, 4) is 0 Å². The molecule has 4 rings (SSSR count). The number of nitrogens with one attached hydrogen (secondary N) is 1. The van der Waals surface area contributed by atoms with Crippen LogP contribution in [0.15, 0.2) is 24.4 Å². The van der Waals surface area contributed by atoms with Crippen molar-refractivity contribution in [1.82, 2.24) is 15.1 Å². The number of benzene rings is 1. The fourth-order valence-corrected chi connectivity index (χ4v) is 5.14. The minimum Gasteiger partial charge on any atom is -0.342 e. The zero-order valence-corrected chi connectivity index (χ0v) is 15.6. The Kier molecular flexibility index (Phi) is 3.71. The molecule has 0 radical (unpaired) electrons. The summed E-state index contributed by atoms with van der Waals surface area (Å²) in [5.41, 5.74) is 0.769. The SMILES string of the molecule is Cn1cc(C(=O)NC23CCC(c4ccc(Cl)cc42)C3(C)C)c(C(F)F)n1. The summed E-state index contributed by atoms with van der Waals surface area (Å²) in [5, 5.41) is 7.45. The first-order valence-corrected chi connectivity index (χ1v) is 8.99. The normalized spacial score (nSPS) is 25.6. The van der Waals surface area contributed by atoms with Crippen LogP contribution >= 0.6 is 11.6 Å². The minimum atomic E-state index is -2.80. The molecule has 26 heavy (non-hydrogen) atoms. The van der Waals surface area contributed by atoms with E-state index in [-0.39, 0.29) is 11.0 Å². The van der Waals surface area contributed by atoms with E-state index in [9.17, 15) is 13.6 Å². The molecule has 0 saturated heterocycles. The number of rotatable bonds is 3. The summed E-state index contributed by atoms with van der Waals surface area (Å²) < 4.78 is 27.8. The van der Waals surface area contributed by atoms with E-state index < -0.39 is 23.6 Å². The highest BCUT2D eigenvalue weighted by molar-refractivity contribution is 6.30. The summed E-state index contributed by atoms with van der Waals surface area (Å²) in [5.74, 6) is -0.214. The van der Waals surface area contributed by atoms with Gasteiger partial charge < -0.3 is 5.32 Å². The number of amides is 1. The van der Waals surface area contributed by atoms with Crippen LogP contribution < -0.4 is 5.32 Å². The average molecular weight is 380 g/mol. The number of halogens is 3. The van der Waals surface area contributed by atoms with Crippen LogP contribution in [0.3, 0.4) is 0 Å². The first-order valence-electron chi connectivity index (χ1n) is 8.61. The molecule has 7 heteroatoms. The van der Waals surface area contributed by atoms with Crippen LogP contribution in [0, 0.1) is 5.41 Å². The summed E-state index contributed by atoms with van der Waals surface area (Å²) in [6.45, 7) is 4.24. The van der Waals surface area contributed by atoms with Gasteiger partial charge in [-0.1, -0.05) is 31.5 Å². The van der Waals surface area contributed by atoms with Crippen molar-refractivity contribution in [3.63, 3.8) is 0 Å². The molecule has 1 N–H and O–H groups in total. The highest BCUT2D eigenvalue weighted by Crippen LogP contribution is 2.66. The molecule has 1 fully saturated rings. The first-order chi connectivity index (χ1) is 12.2. The standard InChI is InChI=1S/C19H20ClF2N3O/c1-18(2)13-6-7-19(18,14-8-10(20)4-5-11(13)14)23-17(26)12-9-25(3)24-15(12)16(21)22/h4-5,8-9,13,16H,6-7H2,1-3H3,(H,23,26). The quantitative estimate of drug-likeness (QED) is 0.850. The Morgan fingerprint density at radius 2 is 2.15 bits per heavy atom. The van der Waals surface area contributed by atoms with Crippen LogP contribution in [0.25, 0.3) is 0 Å². The first kappa shape index (κ1) is 17.5. The van der Waals surface area contributed by atoms with Gasteiger partial charge in [0.1, 0.15) is 5.69 Å². The number of carbonyl (C=O) groups excluding carboxylic acids is 1. The van der Waals surface area contributed by atoms with Gasteiger partial charge in [0.15, 0.2) is 0 Å². The lowest BCUT2D eigenvalue weighted by Gasteiger charge is -2.40. The number of hydrogen-bond donors (Lipinski definition) is 1. The molecule has 1 heterocycles. The smallest absolute Gasteiger partial charge is 0.282 e. The van der Waals surface area contributed by atoms with Gasteiger partial charge in [-0.25, -0.2) is 8.78 Å². The Balaban J connectivity index is 1.78. The Bertz CT molecular complexity index is 908. The predicted molar refractivity (Wildman–Crippen MR) is 94.5 cm³/mol. The van der Waals surface area contributed by atoms with Gasteiger partial charge in [0.2, 0.25) is 0 Å². The number of aromatic nitrogens is 2. The summed E-state index contributed by atoms with van der Waals surface area (Å²) in [6, 6.07) is 5.78. The molecule has 2 bridgehead atoms. The predicted octanol–water partition coefficient (Wildman–Crippen LogP) is 4.55. The lowest BCUT2D eigenvalue weighted by atomic mass is 9.74. The minimum absolute atomic E-state index is 0.0772. The number of nitrogens with zero attached hydrogens (tertiary/aromatic N) is 2. The summed E-state index contributed by atoms with van der Waals surface area (Å²) in [6.07, 6.45) is 0.245. The summed E-state index contributed by atoms with van der Waals surface area (Å²) >= 11 is 6.21. The van der Waals surface area contributed by atoms with Crippen molar-refractivity contribution in [1.29, 1.82) is 0 Å². The van der Waals surface area contributed by atoms with Crippen molar-refractivity contribution >= 4 is 17.5 Å². The molecule has 1 amide bonds. The van der Waals surface area contributed by atoms with Gasteiger partial charge in [0.25, 0.3) is 12.3 Å². The number of carbonyl (C=O) groups is 1. The lowest BCUT2D eigenvalue weighted by molar-refractivity contribution is 0.0797. The molecule has 2 atom stereocenters. The monoisotopic (exact) mass is 379 g/mol. The van der Waals surface area contributed by atoms with E-state index in [0.717, 1.165) is 18.4 Å². The molecule has 2 aromatic rings. The molecule has 1 saturated carbocycles. The number of fused-ring (bicyclic) bond motifs is 5. The van der Waals surface area contributed by atoms with E-state index in [0.29, 0.717) is 10.9 Å². The van der Waals surface area contributed by atoms with E-state index in [1.54, 1.807) is 0 Å². The third kappa shape index (κ3) is 2.17. The molecule has 2 aliphatic carbocycles. The lowest BCUT2D eigenvalue weighted by Crippen LogP contribution is -2.51. The third-order valence-electron chi connectivity index (χ3n) is 6.27. The van der Waals surface area contributed by atoms with Crippen molar-refractivity contribution in [3.05, 3.63) is 51.8 Å². The van der Waals surface area contributed by atoms with E-state index in [2.05, 4.69) is 24.3 Å². The number of hydrogen-bond acceptors (Lipinski definition) is 2. The second-order valence-electron chi connectivity index (χ2n) is 7.81. The number of alkyl halides is 2. The van der Waals surface area contributed by atoms with E-state index >= 15 is 0 Å². The maximum Gasteiger partial charge on any atom is 0.282 e. The zero-order chi connectivity index (χ0) is 18.9. The van der Waals surface area contributed by atoms with Gasteiger partial charge in [-0.05, 0) is 47.4 Å². The molecule has 0 spiro atoms. The van der Waals surface area contributed by atoms with Gasteiger partial charge in [-0.15, -0.1) is 0 Å². The van der Waals surface area contributed by atoms with Crippen LogP contribution in [-0.2, 0) is 12.6 Å². The molecule has 0 aliphatic heterocycles. The third-order valence-corrected chi connectivity index (χ3v) is 6.50. The van der Waals surface area contributed by atoms with Crippen molar-refractivity contribution in [2.75, 3.05) is 0 Å². The van der Waals surface area contributed by atoms with Crippen LogP contribution in [0.5, 0.6) is 0 Å². The second-order valence-corrected chi connectivity index (χ2v) is 8.24. The molecular weight excluding hydrogens is 360 g/mol. The topological polar surface area (TPSA) is 46.9 Å². The Morgan fingerprint density at radius 1 is 1.42 bits per heavy atom. The fourth-order valence-electron chi connectivity index (χ4n) is 4.96. The van der Waals surface area contributed by atoms with E-state index in [1.807, 2.05) is 18.2 Å². The maximum absolute atomic E-state index is 13.3. The molecule has 2 unspecified atom stereocenters. The van der Waals surface area contributed by atoms with Gasteiger partial charge in [-0.2, -0.15) is 5.10 Å². The van der Waals surface area contributed by atoms with Gasteiger partial charge >= 0.3 is 0 Å². The molecule has 4 nitrogen and oxygen atoms in total. The molecule has 1 aromatic carbocycles. The molecular formula is C19H20ClF2N3O. The van der Waals surface area contributed by atoms with E-state index in [1.165, 1.54) is 23.5 Å². The molecule has 138 valence electrons. The van der Waals surface area contributed by atoms with Crippen LogP contribution in [0.1, 0.15) is 66.2 Å². The largest absolute Gasteiger partial charge is 0.342 e. The Hall–Kier alpha value is -1.95. The summed E-state index contributed by atoms with van der Waals surface area (Å²) in [4.78, 5) is 13.0. The Labute approximate surface area is 155 Å². The number of aryl methyl sites for hydroxylation is 1. The second kappa shape index (κ2) is 5.52. The van der Waals surface area contributed by atoms with Crippen molar-refractivity contribution in [2.45, 2.75) is 44.6 Å². The maximum atomic E-state index is 13.3. The fraction of sp³-hybridized carbons (Fsp3) is 0.474. The molecule has 2 aliphatic rings.